The number of hydrogen-bond donors (Lipinski definition) is 1. The minimum atomic E-state index is -0.386. The summed E-state index contributed by atoms with van der Waals surface area (Å²) in [4.78, 5) is 12.4. The molecule has 3 nitrogen and oxygen atoms in total. The number of para-hydroxylation sites is 1. The zero-order valence-corrected chi connectivity index (χ0v) is 14.6. The molecule has 1 amide bonds. The van der Waals surface area contributed by atoms with Gasteiger partial charge in [0.05, 0.1) is 0 Å². The summed E-state index contributed by atoms with van der Waals surface area (Å²) in [5.74, 6) is 0.0635. The van der Waals surface area contributed by atoms with Crippen molar-refractivity contribution in [2.24, 2.45) is 0 Å². The topological polar surface area (TPSA) is 52.9 Å². The molecule has 2 rings (SSSR count). The Kier molecular flexibility index (Phi) is 5.55. The second-order valence-corrected chi connectivity index (χ2v) is 6.21. The Hall–Kier alpha value is -2.86. The Balaban J connectivity index is 2.24. The lowest BCUT2D eigenvalue weighted by Gasteiger charge is -2.11. The van der Waals surface area contributed by atoms with Crippen LogP contribution in [0.4, 0.5) is 5.69 Å². The number of nitrogens with zero attached hydrogens (tertiary/aromatic N) is 1. The molecule has 1 N–H and O–H groups in total. The van der Waals surface area contributed by atoms with E-state index in [4.69, 9.17) is 0 Å². The molecule has 0 unspecified atom stereocenters. The number of nitriles is 1. The van der Waals surface area contributed by atoms with Crippen molar-refractivity contribution in [3.8, 4) is 6.07 Å². The lowest BCUT2D eigenvalue weighted by Crippen LogP contribution is -2.15. The first-order chi connectivity index (χ1) is 11.4. The molecule has 0 aromatic heterocycles. The second kappa shape index (κ2) is 7.61. The third-order valence-corrected chi connectivity index (χ3v) is 4.00. The third-order valence-electron chi connectivity index (χ3n) is 4.00. The van der Waals surface area contributed by atoms with Crippen LogP contribution in [-0.2, 0) is 4.79 Å². The number of amides is 1. The maximum Gasteiger partial charge on any atom is 0.266 e. The Morgan fingerprint density at radius 3 is 2.17 bits per heavy atom. The van der Waals surface area contributed by atoms with Gasteiger partial charge in [-0.1, -0.05) is 56.3 Å². The first kappa shape index (κ1) is 17.5. The molecule has 0 atom stereocenters. The van der Waals surface area contributed by atoms with E-state index in [1.54, 1.807) is 6.08 Å². The maximum atomic E-state index is 12.4. The molecule has 0 aliphatic heterocycles. The van der Waals surface area contributed by atoms with Gasteiger partial charge in [0.1, 0.15) is 11.6 Å². The van der Waals surface area contributed by atoms with Crippen LogP contribution in [0.3, 0.4) is 0 Å². The van der Waals surface area contributed by atoms with Crippen LogP contribution in [0, 0.1) is 25.2 Å². The van der Waals surface area contributed by atoms with Crippen LogP contribution in [0.15, 0.2) is 48.0 Å². The number of anilines is 1. The number of nitrogens with one attached hydrogen (secondary N) is 1. The Morgan fingerprint density at radius 2 is 1.67 bits per heavy atom. The highest BCUT2D eigenvalue weighted by Crippen LogP contribution is 2.21. The zero-order chi connectivity index (χ0) is 17.7. The van der Waals surface area contributed by atoms with Crippen molar-refractivity contribution in [1.29, 1.82) is 5.26 Å². The van der Waals surface area contributed by atoms with E-state index in [-0.39, 0.29) is 11.5 Å². The molecule has 3 heteroatoms. The highest BCUT2D eigenvalue weighted by Gasteiger charge is 2.12. The van der Waals surface area contributed by atoms with Crippen LogP contribution < -0.4 is 5.32 Å². The summed E-state index contributed by atoms with van der Waals surface area (Å²) in [6, 6.07) is 15.7. The molecule has 0 spiro atoms. The maximum absolute atomic E-state index is 12.4. The summed E-state index contributed by atoms with van der Waals surface area (Å²) >= 11 is 0. The third kappa shape index (κ3) is 4.11. The normalized spacial score (nSPS) is 11.2. The quantitative estimate of drug-likeness (QED) is 0.639. The molecule has 0 aliphatic rings. The first-order valence-electron chi connectivity index (χ1n) is 8.01. The Bertz CT molecular complexity index is 788. The van der Waals surface area contributed by atoms with Crippen molar-refractivity contribution in [1.82, 2.24) is 0 Å². The van der Waals surface area contributed by atoms with Gasteiger partial charge in [-0.3, -0.25) is 4.79 Å². The number of carbonyl (C=O) groups excluding carboxylic acids is 1. The summed E-state index contributed by atoms with van der Waals surface area (Å²) in [6.45, 7) is 8.12. The van der Waals surface area contributed by atoms with E-state index < -0.39 is 0 Å². The highest BCUT2D eigenvalue weighted by atomic mass is 16.1. The molecule has 0 radical (unpaired) electrons. The summed E-state index contributed by atoms with van der Waals surface area (Å²) in [5.41, 5.74) is 4.87. The van der Waals surface area contributed by atoms with Gasteiger partial charge in [0.15, 0.2) is 0 Å². The van der Waals surface area contributed by atoms with Gasteiger partial charge in [-0.2, -0.15) is 5.26 Å². The predicted molar refractivity (Wildman–Crippen MR) is 98.7 cm³/mol. The molecule has 0 aliphatic carbocycles. The minimum absolute atomic E-state index is 0.0925. The number of benzene rings is 2. The SMILES string of the molecule is Cc1cccc(C)c1NC(=O)/C(C#N)=C/c1ccc(C(C)C)cc1. The molecule has 24 heavy (non-hydrogen) atoms. The van der Waals surface area contributed by atoms with E-state index in [1.165, 1.54) is 5.56 Å². The van der Waals surface area contributed by atoms with E-state index in [1.807, 2.05) is 62.4 Å². The van der Waals surface area contributed by atoms with E-state index in [2.05, 4.69) is 19.2 Å². The molecule has 0 heterocycles. The number of hydrogen-bond acceptors (Lipinski definition) is 2. The first-order valence-corrected chi connectivity index (χ1v) is 8.01. The van der Waals surface area contributed by atoms with Crippen LogP contribution in [0.5, 0.6) is 0 Å². The monoisotopic (exact) mass is 318 g/mol. The summed E-state index contributed by atoms with van der Waals surface area (Å²) in [5, 5.41) is 12.2. The van der Waals surface area contributed by atoms with Gasteiger partial charge < -0.3 is 5.32 Å². The molecule has 0 fully saturated rings. The van der Waals surface area contributed by atoms with Crippen molar-refractivity contribution >= 4 is 17.7 Å². The summed E-state index contributed by atoms with van der Waals surface area (Å²) in [7, 11) is 0. The Labute approximate surface area is 143 Å². The van der Waals surface area contributed by atoms with Crippen LogP contribution >= 0.6 is 0 Å². The van der Waals surface area contributed by atoms with E-state index in [9.17, 15) is 10.1 Å². The smallest absolute Gasteiger partial charge is 0.266 e. The van der Waals surface area contributed by atoms with Crippen molar-refractivity contribution in [3.63, 3.8) is 0 Å². The molecule has 2 aromatic carbocycles. The molecule has 2 aromatic rings. The van der Waals surface area contributed by atoms with Gasteiger partial charge in [-0.25, -0.2) is 0 Å². The van der Waals surface area contributed by atoms with Crippen LogP contribution in [0.25, 0.3) is 6.08 Å². The van der Waals surface area contributed by atoms with Gasteiger partial charge in [0, 0.05) is 5.69 Å². The van der Waals surface area contributed by atoms with Crippen molar-refractivity contribution in [2.45, 2.75) is 33.6 Å². The van der Waals surface area contributed by atoms with Crippen LogP contribution in [0.1, 0.15) is 42.0 Å². The zero-order valence-electron chi connectivity index (χ0n) is 14.6. The highest BCUT2D eigenvalue weighted by molar-refractivity contribution is 6.10. The average molecular weight is 318 g/mol. The van der Waals surface area contributed by atoms with Gasteiger partial charge in [-0.15, -0.1) is 0 Å². The van der Waals surface area contributed by atoms with Crippen LogP contribution in [0.2, 0.25) is 0 Å². The van der Waals surface area contributed by atoms with Crippen molar-refractivity contribution in [2.75, 3.05) is 5.32 Å². The standard InChI is InChI=1S/C21H22N2O/c1-14(2)18-10-8-17(9-11-18)12-19(13-22)21(24)23-20-15(3)6-5-7-16(20)4/h5-12,14H,1-4H3,(H,23,24)/b19-12+. The fourth-order valence-corrected chi connectivity index (χ4v) is 2.48. The van der Waals surface area contributed by atoms with Gasteiger partial charge in [0.25, 0.3) is 5.91 Å². The van der Waals surface area contributed by atoms with Crippen LogP contribution in [-0.4, -0.2) is 5.91 Å². The summed E-state index contributed by atoms with van der Waals surface area (Å²) < 4.78 is 0. The van der Waals surface area contributed by atoms with E-state index in [0.717, 1.165) is 22.4 Å². The lowest BCUT2D eigenvalue weighted by molar-refractivity contribution is -0.112. The number of rotatable bonds is 4. The minimum Gasteiger partial charge on any atom is -0.321 e. The largest absolute Gasteiger partial charge is 0.321 e. The molecule has 122 valence electrons. The van der Waals surface area contributed by atoms with Crippen molar-refractivity contribution < 1.29 is 4.79 Å². The lowest BCUT2D eigenvalue weighted by atomic mass is 10.0. The molecular weight excluding hydrogens is 296 g/mol. The fraction of sp³-hybridized carbons (Fsp3) is 0.238. The average Bonchev–Trinajstić information content (AvgIpc) is 2.56. The van der Waals surface area contributed by atoms with E-state index in [0.29, 0.717) is 5.92 Å². The Morgan fingerprint density at radius 1 is 1.08 bits per heavy atom. The van der Waals surface area contributed by atoms with Gasteiger partial charge in [0.2, 0.25) is 0 Å². The predicted octanol–water partition coefficient (Wildman–Crippen LogP) is 4.97. The molecule has 0 saturated carbocycles. The molecule has 0 saturated heterocycles. The molecule has 0 bridgehead atoms. The van der Waals surface area contributed by atoms with Gasteiger partial charge >= 0.3 is 0 Å². The van der Waals surface area contributed by atoms with Crippen molar-refractivity contribution in [3.05, 3.63) is 70.3 Å². The fourth-order valence-electron chi connectivity index (χ4n) is 2.48. The second-order valence-electron chi connectivity index (χ2n) is 6.21. The van der Waals surface area contributed by atoms with Gasteiger partial charge in [-0.05, 0) is 48.1 Å². The number of carbonyl (C=O) groups is 1. The number of aryl methyl sites for hydroxylation is 2. The summed E-state index contributed by atoms with van der Waals surface area (Å²) in [6.07, 6.45) is 1.62. The van der Waals surface area contributed by atoms with E-state index >= 15 is 0 Å². The molecular formula is C21H22N2O.